The number of hydrogen-bond donors (Lipinski definition) is 3. The number of carboxylic acid groups (broad SMARTS) is 2. The van der Waals surface area contributed by atoms with Crippen LogP contribution in [-0.4, -0.2) is 74.4 Å². The molecule has 2 unspecified atom stereocenters. The highest BCUT2D eigenvalue weighted by molar-refractivity contribution is 8.00. The van der Waals surface area contributed by atoms with Crippen LogP contribution in [0.15, 0.2) is 11.3 Å². The molecule has 2 rings (SSSR count). The third-order valence-electron chi connectivity index (χ3n) is 4.06. The molecular weight excluding hydrogens is 396 g/mol. The Hall–Kier alpha value is -2.89. The number of rotatable bonds is 9. The first-order valence-corrected chi connectivity index (χ1v) is 9.27. The monoisotopic (exact) mass is 414 g/mol. The second-order valence-electron chi connectivity index (χ2n) is 6.07. The van der Waals surface area contributed by atoms with E-state index in [1.165, 1.54) is 18.7 Å². The van der Waals surface area contributed by atoms with Crippen LogP contribution in [0.4, 0.5) is 0 Å². The predicted octanol–water partition coefficient (Wildman–Crippen LogP) is -0.888. The van der Waals surface area contributed by atoms with Crippen LogP contribution in [0.5, 0.6) is 0 Å². The van der Waals surface area contributed by atoms with Crippen LogP contribution in [0.1, 0.15) is 26.2 Å². The highest BCUT2D eigenvalue weighted by Gasteiger charge is 2.54. The zero-order chi connectivity index (χ0) is 21.0. The minimum absolute atomic E-state index is 0.0201. The quantitative estimate of drug-likeness (QED) is 0.245. The van der Waals surface area contributed by atoms with Crippen molar-refractivity contribution < 1.29 is 43.7 Å². The number of β-lactam (4-membered cyclic amide) rings is 1. The lowest BCUT2D eigenvalue weighted by Gasteiger charge is -2.49. The molecule has 12 heteroatoms. The summed E-state index contributed by atoms with van der Waals surface area (Å²) >= 11 is 1.23. The lowest BCUT2D eigenvalue weighted by molar-refractivity contribution is -0.151. The summed E-state index contributed by atoms with van der Waals surface area (Å²) in [6.45, 7) is 0.944. The number of fused-ring (bicyclic) bond motifs is 1. The van der Waals surface area contributed by atoms with E-state index >= 15 is 0 Å². The largest absolute Gasteiger partial charge is 0.477 e. The summed E-state index contributed by atoms with van der Waals surface area (Å²) in [5.74, 6) is -5.42. The molecule has 152 valence electrons. The minimum Gasteiger partial charge on any atom is -0.477 e. The minimum atomic E-state index is -1.57. The first kappa shape index (κ1) is 21.4. The fourth-order valence-corrected chi connectivity index (χ4v) is 4.07. The summed E-state index contributed by atoms with van der Waals surface area (Å²) in [5.41, 5.74) is 0.0295. The molecular formula is C16H18N2O9S. The number of hydrogen-bond acceptors (Lipinski definition) is 8. The topological polar surface area (TPSA) is 167 Å². The molecule has 1 saturated heterocycles. The van der Waals surface area contributed by atoms with E-state index in [0.29, 0.717) is 0 Å². The standard InChI is InChI=1S/C16H18N2O9S/c1-7(19)27-5-8-6-28-14-11(13(22)18(14)12(8)16(25)26)17-10(21)4-2-3-9(20)15(23)24/h11,14H,2-6H2,1H3,(H,17,21)(H,23,24)(H,25,26). The molecule has 0 radical (unpaired) electrons. The van der Waals surface area contributed by atoms with Gasteiger partial charge < -0.3 is 20.3 Å². The number of esters is 1. The Balaban J connectivity index is 1.96. The number of carbonyl (C=O) groups excluding carboxylic acids is 4. The Morgan fingerprint density at radius 1 is 1.21 bits per heavy atom. The fraction of sp³-hybridized carbons (Fsp3) is 0.500. The summed E-state index contributed by atoms with van der Waals surface area (Å²) in [6.07, 6.45) is -0.414. The number of ketones is 1. The molecule has 0 aromatic heterocycles. The van der Waals surface area contributed by atoms with Gasteiger partial charge in [0.2, 0.25) is 11.7 Å². The molecule has 0 spiro atoms. The number of nitrogens with zero attached hydrogens (tertiary/aromatic N) is 1. The molecule has 2 amide bonds. The molecule has 0 aromatic carbocycles. The Bertz CT molecular complexity index is 776. The Morgan fingerprint density at radius 3 is 2.46 bits per heavy atom. The second-order valence-corrected chi connectivity index (χ2v) is 7.18. The number of carbonyl (C=O) groups is 6. The van der Waals surface area contributed by atoms with Gasteiger partial charge in [-0.05, 0) is 6.42 Å². The molecule has 2 aliphatic heterocycles. The van der Waals surface area contributed by atoms with Crippen molar-refractivity contribution in [3.8, 4) is 0 Å². The highest BCUT2D eigenvalue weighted by Crippen LogP contribution is 2.40. The zero-order valence-electron chi connectivity index (χ0n) is 14.8. The van der Waals surface area contributed by atoms with E-state index in [-0.39, 0.29) is 42.9 Å². The predicted molar refractivity (Wildman–Crippen MR) is 92.8 cm³/mol. The number of thioether (sulfide) groups is 1. The van der Waals surface area contributed by atoms with Crippen LogP contribution in [0.25, 0.3) is 0 Å². The van der Waals surface area contributed by atoms with Gasteiger partial charge in [0, 0.05) is 31.1 Å². The molecule has 0 aromatic rings. The number of amides is 2. The van der Waals surface area contributed by atoms with Crippen molar-refractivity contribution >= 4 is 47.3 Å². The molecule has 2 heterocycles. The van der Waals surface area contributed by atoms with Crippen LogP contribution >= 0.6 is 11.8 Å². The number of nitrogens with one attached hydrogen (secondary N) is 1. The summed E-state index contributed by atoms with van der Waals surface area (Å²) in [5, 5.41) is 19.8. The van der Waals surface area contributed by atoms with E-state index in [1.54, 1.807) is 0 Å². The van der Waals surface area contributed by atoms with Crippen molar-refractivity contribution in [3.63, 3.8) is 0 Å². The molecule has 0 saturated carbocycles. The maximum atomic E-state index is 12.4. The lowest BCUT2D eigenvalue weighted by Crippen LogP contribution is -2.70. The summed E-state index contributed by atoms with van der Waals surface area (Å²) in [7, 11) is 0. The Morgan fingerprint density at radius 2 is 1.89 bits per heavy atom. The summed E-state index contributed by atoms with van der Waals surface area (Å²) in [6, 6.07) is -0.919. The number of ether oxygens (including phenoxy) is 1. The van der Waals surface area contributed by atoms with Crippen LogP contribution in [0.3, 0.4) is 0 Å². The normalized spacial score (nSPS) is 20.8. The molecule has 0 bridgehead atoms. The van der Waals surface area contributed by atoms with Gasteiger partial charge in [-0.1, -0.05) is 0 Å². The van der Waals surface area contributed by atoms with Crippen molar-refractivity contribution in [2.75, 3.05) is 12.4 Å². The first-order valence-electron chi connectivity index (χ1n) is 8.22. The van der Waals surface area contributed by atoms with E-state index in [2.05, 4.69) is 5.32 Å². The van der Waals surface area contributed by atoms with Crippen molar-refractivity contribution in [3.05, 3.63) is 11.3 Å². The first-order chi connectivity index (χ1) is 13.1. The van der Waals surface area contributed by atoms with Crippen molar-refractivity contribution in [1.82, 2.24) is 10.2 Å². The van der Waals surface area contributed by atoms with E-state index in [9.17, 15) is 33.9 Å². The van der Waals surface area contributed by atoms with Crippen molar-refractivity contribution in [1.29, 1.82) is 0 Å². The van der Waals surface area contributed by atoms with Gasteiger partial charge in [0.15, 0.2) is 0 Å². The second kappa shape index (κ2) is 8.87. The van der Waals surface area contributed by atoms with E-state index in [0.717, 1.165) is 4.90 Å². The van der Waals surface area contributed by atoms with Crippen LogP contribution < -0.4 is 5.32 Å². The third-order valence-corrected chi connectivity index (χ3v) is 5.40. The Labute approximate surface area is 163 Å². The molecule has 0 aliphatic carbocycles. The third kappa shape index (κ3) is 4.68. The fourth-order valence-electron chi connectivity index (χ4n) is 2.75. The van der Waals surface area contributed by atoms with Gasteiger partial charge in [-0.15, -0.1) is 11.8 Å². The zero-order valence-corrected chi connectivity index (χ0v) is 15.6. The maximum Gasteiger partial charge on any atom is 0.372 e. The van der Waals surface area contributed by atoms with Gasteiger partial charge >= 0.3 is 17.9 Å². The smallest absolute Gasteiger partial charge is 0.372 e. The van der Waals surface area contributed by atoms with Crippen LogP contribution in [-0.2, 0) is 33.5 Å². The number of Topliss-reactive ketones (excluding diaryl/α,β-unsaturated/α-hetero) is 1. The van der Waals surface area contributed by atoms with Gasteiger partial charge in [0.05, 0.1) is 0 Å². The van der Waals surface area contributed by atoms with Gasteiger partial charge in [0.25, 0.3) is 5.91 Å². The Kier molecular flexibility index (Phi) is 6.78. The van der Waals surface area contributed by atoms with Gasteiger partial charge in [-0.25, -0.2) is 9.59 Å². The maximum absolute atomic E-state index is 12.4. The molecule has 11 nitrogen and oxygen atoms in total. The highest BCUT2D eigenvalue weighted by atomic mass is 32.2. The SMILES string of the molecule is CC(=O)OCC1=C(C(=O)O)N2C(=O)C(NC(=O)CCCC(=O)C(=O)O)C2SC1. The number of carboxylic acids is 2. The average Bonchev–Trinajstić information content (AvgIpc) is 2.62. The number of aliphatic carboxylic acids is 2. The van der Waals surface area contributed by atoms with Gasteiger partial charge in [-0.3, -0.25) is 24.1 Å². The van der Waals surface area contributed by atoms with Crippen molar-refractivity contribution in [2.45, 2.75) is 37.6 Å². The van der Waals surface area contributed by atoms with Crippen LogP contribution in [0.2, 0.25) is 0 Å². The lowest BCUT2D eigenvalue weighted by atomic mass is 10.0. The molecule has 1 fully saturated rings. The molecule has 2 aliphatic rings. The van der Waals surface area contributed by atoms with Crippen molar-refractivity contribution in [2.24, 2.45) is 0 Å². The molecule has 2 atom stereocenters. The van der Waals surface area contributed by atoms with E-state index < -0.39 is 46.9 Å². The molecule has 28 heavy (non-hydrogen) atoms. The molecule has 3 N–H and O–H groups in total. The van der Waals surface area contributed by atoms with E-state index in [1.807, 2.05) is 0 Å². The van der Waals surface area contributed by atoms with E-state index in [4.69, 9.17) is 9.84 Å². The van der Waals surface area contributed by atoms with Gasteiger partial charge in [-0.2, -0.15) is 0 Å². The summed E-state index contributed by atoms with van der Waals surface area (Å²) < 4.78 is 4.83. The van der Waals surface area contributed by atoms with Gasteiger partial charge in [0.1, 0.15) is 23.7 Å². The average molecular weight is 414 g/mol. The van der Waals surface area contributed by atoms with Crippen LogP contribution in [0, 0.1) is 0 Å². The summed E-state index contributed by atoms with van der Waals surface area (Å²) in [4.78, 5) is 69.3.